The van der Waals surface area contributed by atoms with Crippen molar-refractivity contribution in [3.05, 3.63) is 75.1 Å². The van der Waals surface area contributed by atoms with Gasteiger partial charge < -0.3 is 0 Å². The Balaban J connectivity index is 1.51. The van der Waals surface area contributed by atoms with Crippen LogP contribution in [0.3, 0.4) is 0 Å². The number of nitriles is 1. The molecule has 1 aliphatic rings. The fourth-order valence-electron chi connectivity index (χ4n) is 4.63. The number of Topliss-reactive ketones (excluding diaryl/α,β-unsaturated/α-hetero) is 3. The number of hydrogen-bond donors (Lipinski definition) is 0. The molecule has 4 rings (SSSR count). The van der Waals surface area contributed by atoms with Gasteiger partial charge in [-0.15, -0.1) is 11.3 Å². The van der Waals surface area contributed by atoms with E-state index in [4.69, 9.17) is 5.26 Å². The summed E-state index contributed by atoms with van der Waals surface area (Å²) in [4.78, 5) is 44.1. The highest BCUT2D eigenvalue weighted by atomic mass is 32.1. The van der Waals surface area contributed by atoms with Crippen molar-refractivity contribution in [2.45, 2.75) is 45.4 Å². The Morgan fingerprint density at radius 1 is 1.18 bits per heavy atom. The molecule has 2 heterocycles. The largest absolute Gasteiger partial charge is 0.300 e. The Morgan fingerprint density at radius 3 is 2.55 bits per heavy atom. The molecule has 5 nitrogen and oxygen atoms in total. The van der Waals surface area contributed by atoms with E-state index in [1.807, 2.05) is 43.5 Å². The monoisotopic (exact) mass is 456 g/mol. The van der Waals surface area contributed by atoms with E-state index in [0.717, 1.165) is 32.8 Å². The Hall–Kier alpha value is -3.43. The molecule has 1 saturated carbocycles. The van der Waals surface area contributed by atoms with Crippen molar-refractivity contribution < 1.29 is 14.4 Å². The molecular weight excluding hydrogens is 432 g/mol. The number of carbonyl (C=O) groups excluding carboxylic acids is 3. The summed E-state index contributed by atoms with van der Waals surface area (Å²) in [7, 11) is 0. The first-order valence-electron chi connectivity index (χ1n) is 11.0. The summed E-state index contributed by atoms with van der Waals surface area (Å²) in [6, 6.07) is 13.4. The highest BCUT2D eigenvalue weighted by Gasteiger charge is 2.43. The first-order valence-corrected chi connectivity index (χ1v) is 11.8. The summed E-state index contributed by atoms with van der Waals surface area (Å²) in [6.07, 6.45) is 2.87. The van der Waals surface area contributed by atoms with E-state index in [0.29, 0.717) is 18.4 Å². The van der Waals surface area contributed by atoms with E-state index >= 15 is 0 Å². The summed E-state index contributed by atoms with van der Waals surface area (Å²) in [5.41, 5.74) is 4.54. The van der Waals surface area contributed by atoms with Crippen molar-refractivity contribution in [3.63, 3.8) is 0 Å². The maximum absolute atomic E-state index is 13.2. The van der Waals surface area contributed by atoms with Gasteiger partial charge in [-0.1, -0.05) is 6.07 Å². The average molecular weight is 457 g/mol. The minimum absolute atomic E-state index is 0.0332. The molecule has 0 saturated heterocycles. The van der Waals surface area contributed by atoms with Gasteiger partial charge in [0.1, 0.15) is 23.6 Å². The van der Waals surface area contributed by atoms with Crippen molar-refractivity contribution in [1.82, 2.24) is 4.98 Å². The van der Waals surface area contributed by atoms with Gasteiger partial charge in [-0.25, -0.2) is 0 Å². The van der Waals surface area contributed by atoms with Crippen LogP contribution in [0, 0.1) is 31.1 Å². The van der Waals surface area contributed by atoms with Gasteiger partial charge in [-0.05, 0) is 72.7 Å². The van der Waals surface area contributed by atoms with Crippen LogP contribution in [0.5, 0.6) is 0 Å². The number of aromatic nitrogens is 1. The number of aryl methyl sites for hydroxylation is 3. The van der Waals surface area contributed by atoms with Gasteiger partial charge in [0.05, 0.1) is 11.3 Å². The third-order valence-electron chi connectivity index (χ3n) is 6.23. The van der Waals surface area contributed by atoms with Gasteiger partial charge in [0.25, 0.3) is 0 Å². The standard InChI is InChI=1S/C27H24N2O3S/c1-16-10-19(23-8-5-18(14-28)15-29-23)11-17(2)25(16)26-24(31)13-20(27(26)32)12-21(30)6-7-22-4-3-9-33-22/h3-5,8-11,15,20,26H,6-7,12-13H2,1-2H3. The van der Waals surface area contributed by atoms with Crippen LogP contribution < -0.4 is 0 Å². The molecule has 0 aliphatic heterocycles. The van der Waals surface area contributed by atoms with Crippen LogP contribution in [0.25, 0.3) is 11.3 Å². The van der Waals surface area contributed by atoms with Gasteiger partial charge in [-0.2, -0.15) is 5.26 Å². The molecule has 1 aliphatic carbocycles. The Labute approximate surface area is 197 Å². The van der Waals surface area contributed by atoms with Crippen LogP contribution in [0.2, 0.25) is 0 Å². The fourth-order valence-corrected chi connectivity index (χ4v) is 5.34. The topological polar surface area (TPSA) is 87.9 Å². The summed E-state index contributed by atoms with van der Waals surface area (Å²) < 4.78 is 0. The van der Waals surface area contributed by atoms with Crippen LogP contribution >= 0.6 is 11.3 Å². The van der Waals surface area contributed by atoms with E-state index in [-0.39, 0.29) is 30.2 Å². The number of rotatable bonds is 7. The molecular formula is C27H24N2O3S. The van der Waals surface area contributed by atoms with Crippen LogP contribution in [0.15, 0.2) is 48.0 Å². The lowest BCUT2D eigenvalue weighted by Gasteiger charge is -2.17. The molecule has 166 valence electrons. The SMILES string of the molecule is Cc1cc(-c2ccc(C#N)cn2)cc(C)c1C1C(=O)CC(CC(=O)CCc2cccs2)C1=O. The summed E-state index contributed by atoms with van der Waals surface area (Å²) in [6.45, 7) is 3.80. The lowest BCUT2D eigenvalue weighted by Crippen LogP contribution is -2.19. The highest BCUT2D eigenvalue weighted by Crippen LogP contribution is 2.38. The lowest BCUT2D eigenvalue weighted by molar-refractivity contribution is -0.127. The minimum Gasteiger partial charge on any atom is -0.300 e. The predicted molar refractivity (Wildman–Crippen MR) is 127 cm³/mol. The molecule has 2 aromatic heterocycles. The first kappa shape index (κ1) is 22.8. The Kier molecular flexibility index (Phi) is 6.62. The maximum atomic E-state index is 13.2. The fraction of sp³-hybridized carbons (Fsp3) is 0.296. The molecule has 0 spiro atoms. The third-order valence-corrected chi connectivity index (χ3v) is 7.17. The van der Waals surface area contributed by atoms with E-state index < -0.39 is 11.8 Å². The molecule has 1 aromatic carbocycles. The molecule has 3 aromatic rings. The van der Waals surface area contributed by atoms with Crippen LogP contribution in [0.1, 0.15) is 52.3 Å². The van der Waals surface area contributed by atoms with Crippen molar-refractivity contribution in [3.8, 4) is 17.3 Å². The van der Waals surface area contributed by atoms with Gasteiger partial charge in [0.15, 0.2) is 5.78 Å². The molecule has 2 atom stereocenters. The van der Waals surface area contributed by atoms with Gasteiger partial charge in [0, 0.05) is 41.8 Å². The molecule has 6 heteroatoms. The molecule has 2 unspecified atom stereocenters. The quantitative estimate of drug-likeness (QED) is 0.460. The average Bonchev–Trinajstić information content (AvgIpc) is 3.41. The Morgan fingerprint density at radius 2 is 1.94 bits per heavy atom. The van der Waals surface area contributed by atoms with Crippen LogP contribution in [-0.2, 0) is 20.8 Å². The lowest BCUT2D eigenvalue weighted by atomic mass is 9.85. The Bertz CT molecular complexity index is 1230. The highest BCUT2D eigenvalue weighted by molar-refractivity contribution is 7.09. The number of hydrogen-bond acceptors (Lipinski definition) is 6. The van der Waals surface area contributed by atoms with Crippen molar-refractivity contribution in [2.75, 3.05) is 0 Å². The number of benzene rings is 1. The summed E-state index contributed by atoms with van der Waals surface area (Å²) >= 11 is 1.62. The van der Waals surface area contributed by atoms with E-state index in [9.17, 15) is 14.4 Å². The van der Waals surface area contributed by atoms with Gasteiger partial charge in [-0.3, -0.25) is 19.4 Å². The van der Waals surface area contributed by atoms with Crippen molar-refractivity contribution in [1.29, 1.82) is 5.26 Å². The zero-order valence-electron chi connectivity index (χ0n) is 18.6. The number of ketones is 3. The molecule has 0 amide bonds. The number of carbonyl (C=O) groups is 3. The minimum atomic E-state index is -0.803. The zero-order chi connectivity index (χ0) is 23.5. The second kappa shape index (κ2) is 9.60. The molecule has 0 N–H and O–H groups in total. The number of pyridine rings is 1. The second-order valence-corrected chi connectivity index (χ2v) is 9.62. The third kappa shape index (κ3) is 4.84. The van der Waals surface area contributed by atoms with E-state index in [1.165, 1.54) is 6.20 Å². The van der Waals surface area contributed by atoms with Crippen molar-refractivity contribution in [2.24, 2.45) is 5.92 Å². The molecule has 0 bridgehead atoms. The smallest absolute Gasteiger partial charge is 0.151 e. The van der Waals surface area contributed by atoms with E-state index in [1.54, 1.807) is 23.5 Å². The maximum Gasteiger partial charge on any atom is 0.151 e. The molecule has 33 heavy (non-hydrogen) atoms. The van der Waals surface area contributed by atoms with E-state index in [2.05, 4.69) is 11.1 Å². The zero-order valence-corrected chi connectivity index (χ0v) is 19.4. The van der Waals surface area contributed by atoms with Gasteiger partial charge >= 0.3 is 0 Å². The summed E-state index contributed by atoms with van der Waals surface area (Å²) in [5, 5.41) is 11.0. The molecule has 1 fully saturated rings. The number of nitrogens with zero attached hydrogens (tertiary/aromatic N) is 2. The van der Waals surface area contributed by atoms with Crippen LogP contribution in [-0.4, -0.2) is 22.3 Å². The summed E-state index contributed by atoms with van der Waals surface area (Å²) in [5.74, 6) is -1.54. The second-order valence-electron chi connectivity index (χ2n) is 8.59. The number of thiophene rings is 1. The van der Waals surface area contributed by atoms with Gasteiger partial charge in [0.2, 0.25) is 0 Å². The normalized spacial score (nSPS) is 17.8. The first-order chi connectivity index (χ1) is 15.9. The van der Waals surface area contributed by atoms with Crippen LogP contribution in [0.4, 0.5) is 0 Å². The van der Waals surface area contributed by atoms with Crippen molar-refractivity contribution >= 4 is 28.7 Å². The molecule has 0 radical (unpaired) electrons. The predicted octanol–water partition coefficient (Wildman–Crippen LogP) is 5.13.